The van der Waals surface area contributed by atoms with Crippen molar-refractivity contribution in [3.05, 3.63) is 59.8 Å². The second-order valence-corrected chi connectivity index (χ2v) is 9.47. The number of aromatic nitrogens is 4. The van der Waals surface area contributed by atoms with Crippen LogP contribution in [0.1, 0.15) is 49.3 Å². The normalized spacial score (nSPS) is 24.4. The summed E-state index contributed by atoms with van der Waals surface area (Å²) < 4.78 is 2.12. The standard InChI is InChI=1S/C25H26N6/c1-15(30-14-19-11-20(30)12-26-19)18-8-10-23-28-29-25(31(23)13-18)22-9-7-17-3-2-4-21(16-5-6-16)24(17)27-22/h2-4,7-10,13,15-16,19-20,26H,5-6,11-12,14H2,1H3/t15-,19-,20-/m0/s1. The van der Waals surface area contributed by atoms with Crippen LogP contribution in [0.4, 0.5) is 0 Å². The van der Waals surface area contributed by atoms with Crippen LogP contribution in [0.25, 0.3) is 28.1 Å². The zero-order valence-electron chi connectivity index (χ0n) is 17.7. The minimum Gasteiger partial charge on any atom is -0.311 e. The third-order valence-electron chi connectivity index (χ3n) is 7.50. The number of fused-ring (bicyclic) bond motifs is 4. The molecule has 6 heteroatoms. The van der Waals surface area contributed by atoms with Crippen molar-refractivity contribution in [1.82, 2.24) is 29.8 Å². The second kappa shape index (κ2) is 6.58. The van der Waals surface area contributed by atoms with Crippen molar-refractivity contribution in [1.29, 1.82) is 0 Å². The van der Waals surface area contributed by atoms with Crippen LogP contribution < -0.4 is 5.32 Å². The highest BCUT2D eigenvalue weighted by molar-refractivity contribution is 5.84. The summed E-state index contributed by atoms with van der Waals surface area (Å²) in [6.45, 7) is 4.57. The largest absolute Gasteiger partial charge is 0.311 e. The molecule has 1 aliphatic carbocycles. The van der Waals surface area contributed by atoms with E-state index in [1.165, 1.54) is 35.8 Å². The van der Waals surface area contributed by atoms with E-state index in [0.717, 1.165) is 35.8 Å². The lowest BCUT2D eigenvalue weighted by atomic mass is 10.1. The van der Waals surface area contributed by atoms with Crippen LogP contribution in [0.15, 0.2) is 48.7 Å². The Labute approximate surface area is 181 Å². The number of likely N-dealkylation sites (tertiary alicyclic amines) is 1. The van der Waals surface area contributed by atoms with E-state index in [0.29, 0.717) is 24.0 Å². The van der Waals surface area contributed by atoms with Crippen molar-refractivity contribution >= 4 is 16.6 Å². The summed E-state index contributed by atoms with van der Waals surface area (Å²) in [5.41, 5.74) is 5.56. The Morgan fingerprint density at radius 3 is 2.81 bits per heavy atom. The number of benzene rings is 1. The molecule has 1 N–H and O–H groups in total. The highest BCUT2D eigenvalue weighted by Gasteiger charge is 2.40. The van der Waals surface area contributed by atoms with Crippen LogP contribution in [-0.4, -0.2) is 49.7 Å². The summed E-state index contributed by atoms with van der Waals surface area (Å²) in [6.07, 6.45) is 6.03. The molecule has 0 amide bonds. The van der Waals surface area contributed by atoms with E-state index in [1.54, 1.807) is 0 Å². The molecule has 3 aromatic heterocycles. The van der Waals surface area contributed by atoms with Gasteiger partial charge in [0.1, 0.15) is 5.69 Å². The van der Waals surface area contributed by atoms with Gasteiger partial charge in [0.15, 0.2) is 11.5 Å². The average Bonchev–Trinajstić information content (AvgIpc) is 3.22. The number of pyridine rings is 2. The number of piperazine rings is 1. The summed E-state index contributed by atoms with van der Waals surface area (Å²) >= 11 is 0. The van der Waals surface area contributed by atoms with E-state index in [1.807, 2.05) is 0 Å². The molecule has 3 atom stereocenters. The molecule has 5 heterocycles. The summed E-state index contributed by atoms with van der Waals surface area (Å²) in [5, 5.41) is 13.8. The van der Waals surface area contributed by atoms with Gasteiger partial charge in [-0.3, -0.25) is 9.30 Å². The Bertz CT molecular complexity index is 1310. The molecular formula is C25H26N6. The molecule has 0 spiro atoms. The first-order valence-electron chi connectivity index (χ1n) is 11.5. The first-order chi connectivity index (χ1) is 15.2. The van der Waals surface area contributed by atoms with Crippen molar-refractivity contribution in [2.45, 2.75) is 50.2 Å². The summed E-state index contributed by atoms with van der Waals surface area (Å²) in [6, 6.07) is 16.8. The van der Waals surface area contributed by atoms with Crippen LogP contribution >= 0.6 is 0 Å². The lowest BCUT2D eigenvalue weighted by Crippen LogP contribution is -2.44. The van der Waals surface area contributed by atoms with Gasteiger partial charge in [-0.15, -0.1) is 10.2 Å². The molecular weight excluding hydrogens is 384 g/mol. The second-order valence-electron chi connectivity index (χ2n) is 9.47. The quantitative estimate of drug-likeness (QED) is 0.552. The third kappa shape index (κ3) is 2.82. The van der Waals surface area contributed by atoms with E-state index in [4.69, 9.17) is 4.98 Å². The molecule has 0 radical (unpaired) electrons. The first kappa shape index (κ1) is 17.8. The Hall–Kier alpha value is -2.83. The SMILES string of the molecule is C[C@@H](c1ccc2nnc(-c3ccc4cccc(C5CC5)c4n3)n2c1)N1C[C@@H]2C[C@H]1CN2. The molecule has 3 aliphatic rings. The number of rotatable bonds is 4. The van der Waals surface area contributed by atoms with Crippen molar-refractivity contribution in [2.75, 3.05) is 13.1 Å². The first-order valence-corrected chi connectivity index (χ1v) is 11.5. The molecule has 7 rings (SSSR count). The van der Waals surface area contributed by atoms with Crippen LogP contribution in [0.3, 0.4) is 0 Å². The molecule has 2 saturated heterocycles. The number of hydrogen-bond donors (Lipinski definition) is 1. The zero-order chi connectivity index (χ0) is 20.5. The predicted octanol–water partition coefficient (Wildman–Crippen LogP) is 3.93. The van der Waals surface area contributed by atoms with Gasteiger partial charge in [0, 0.05) is 42.8 Å². The van der Waals surface area contributed by atoms with E-state index < -0.39 is 0 Å². The van der Waals surface area contributed by atoms with Crippen LogP contribution in [-0.2, 0) is 0 Å². The van der Waals surface area contributed by atoms with Gasteiger partial charge < -0.3 is 5.32 Å². The van der Waals surface area contributed by atoms with E-state index >= 15 is 0 Å². The minimum absolute atomic E-state index is 0.378. The van der Waals surface area contributed by atoms with Gasteiger partial charge in [0.2, 0.25) is 0 Å². The molecule has 31 heavy (non-hydrogen) atoms. The van der Waals surface area contributed by atoms with Gasteiger partial charge >= 0.3 is 0 Å². The van der Waals surface area contributed by atoms with Gasteiger partial charge in [-0.25, -0.2) is 4.98 Å². The maximum Gasteiger partial charge on any atom is 0.187 e. The fraction of sp³-hybridized carbons (Fsp3) is 0.400. The molecule has 156 valence electrons. The van der Waals surface area contributed by atoms with Gasteiger partial charge in [-0.2, -0.15) is 0 Å². The van der Waals surface area contributed by atoms with Gasteiger partial charge in [0.25, 0.3) is 0 Å². The molecule has 3 fully saturated rings. The van der Waals surface area contributed by atoms with E-state index in [-0.39, 0.29) is 0 Å². The number of nitrogens with one attached hydrogen (secondary N) is 1. The molecule has 2 bridgehead atoms. The number of para-hydroxylation sites is 1. The van der Waals surface area contributed by atoms with Gasteiger partial charge in [-0.05, 0) is 55.4 Å². The topological polar surface area (TPSA) is 58.4 Å². The monoisotopic (exact) mass is 410 g/mol. The molecule has 6 nitrogen and oxygen atoms in total. The van der Waals surface area contributed by atoms with E-state index in [2.05, 4.69) is 80.4 Å². The van der Waals surface area contributed by atoms with Crippen LogP contribution in [0.5, 0.6) is 0 Å². The summed E-state index contributed by atoms with van der Waals surface area (Å²) in [7, 11) is 0. The minimum atomic E-state index is 0.378. The maximum absolute atomic E-state index is 5.07. The smallest absolute Gasteiger partial charge is 0.187 e. The summed E-state index contributed by atoms with van der Waals surface area (Å²) in [4.78, 5) is 7.71. The molecule has 1 saturated carbocycles. The van der Waals surface area contributed by atoms with Crippen molar-refractivity contribution < 1.29 is 0 Å². The van der Waals surface area contributed by atoms with Crippen molar-refractivity contribution in [2.24, 2.45) is 0 Å². The molecule has 4 aromatic rings. The number of hydrogen-bond acceptors (Lipinski definition) is 5. The van der Waals surface area contributed by atoms with Gasteiger partial charge in [0.05, 0.1) is 5.52 Å². The fourth-order valence-corrected chi connectivity index (χ4v) is 5.61. The predicted molar refractivity (Wildman–Crippen MR) is 121 cm³/mol. The van der Waals surface area contributed by atoms with Crippen molar-refractivity contribution in [3.8, 4) is 11.5 Å². The molecule has 0 unspecified atom stereocenters. The lowest BCUT2D eigenvalue weighted by molar-refractivity contribution is 0.170. The molecule has 2 aliphatic heterocycles. The lowest BCUT2D eigenvalue weighted by Gasteiger charge is -2.33. The zero-order valence-corrected chi connectivity index (χ0v) is 17.7. The third-order valence-corrected chi connectivity index (χ3v) is 7.50. The van der Waals surface area contributed by atoms with Crippen LogP contribution in [0, 0.1) is 0 Å². The highest BCUT2D eigenvalue weighted by Crippen LogP contribution is 2.43. The Morgan fingerprint density at radius 2 is 2.00 bits per heavy atom. The highest BCUT2D eigenvalue weighted by atomic mass is 15.3. The van der Waals surface area contributed by atoms with Crippen LogP contribution in [0.2, 0.25) is 0 Å². The van der Waals surface area contributed by atoms with E-state index in [9.17, 15) is 0 Å². The fourth-order valence-electron chi connectivity index (χ4n) is 5.61. The maximum atomic E-state index is 5.07. The Morgan fingerprint density at radius 1 is 1.06 bits per heavy atom. The van der Waals surface area contributed by atoms with Crippen molar-refractivity contribution in [3.63, 3.8) is 0 Å². The Kier molecular flexibility index (Phi) is 3.78. The number of nitrogens with zero attached hydrogens (tertiary/aromatic N) is 5. The van der Waals surface area contributed by atoms with Gasteiger partial charge in [-0.1, -0.05) is 30.3 Å². The summed E-state index contributed by atoms with van der Waals surface area (Å²) in [5.74, 6) is 1.49. The molecule has 1 aromatic carbocycles. The Balaban J connectivity index is 1.30. The average molecular weight is 411 g/mol.